The molecule has 1 fully saturated rings. The SMILES string of the molecule is O=C(O)C1(c2cccc3ccccc23)CCCN1O. The standard InChI is InChI=1S/C15H15NO3/c17-14(18)15(9-4-10-16(15)19)13-8-3-6-11-5-1-2-7-12(11)13/h1-3,5-8,19H,4,9-10H2,(H,17,18). The van der Waals surface area contributed by atoms with Crippen LogP contribution in [0.5, 0.6) is 0 Å². The number of hydroxylamine groups is 2. The van der Waals surface area contributed by atoms with Crippen molar-refractivity contribution in [1.82, 2.24) is 5.06 Å². The summed E-state index contributed by atoms with van der Waals surface area (Å²) >= 11 is 0. The van der Waals surface area contributed by atoms with Gasteiger partial charge in [-0.1, -0.05) is 42.5 Å². The van der Waals surface area contributed by atoms with E-state index in [9.17, 15) is 15.1 Å². The molecule has 19 heavy (non-hydrogen) atoms. The first-order valence-electron chi connectivity index (χ1n) is 6.34. The van der Waals surface area contributed by atoms with Gasteiger partial charge in [-0.15, -0.1) is 0 Å². The molecule has 1 atom stereocenters. The monoisotopic (exact) mass is 257 g/mol. The predicted molar refractivity (Wildman–Crippen MR) is 71.0 cm³/mol. The molecule has 1 aliphatic heterocycles. The van der Waals surface area contributed by atoms with Crippen LogP contribution in [0.25, 0.3) is 10.8 Å². The lowest BCUT2D eigenvalue weighted by molar-refractivity contribution is -0.186. The molecule has 4 nitrogen and oxygen atoms in total. The molecule has 2 N–H and O–H groups in total. The van der Waals surface area contributed by atoms with Crippen LogP contribution < -0.4 is 0 Å². The highest BCUT2D eigenvalue weighted by Gasteiger charge is 2.49. The highest BCUT2D eigenvalue weighted by molar-refractivity contribution is 5.93. The molecule has 0 saturated carbocycles. The number of hydrogen-bond donors (Lipinski definition) is 2. The minimum Gasteiger partial charge on any atom is -0.480 e. The second-order valence-corrected chi connectivity index (χ2v) is 4.92. The summed E-state index contributed by atoms with van der Waals surface area (Å²) in [6, 6.07) is 13.3. The van der Waals surface area contributed by atoms with Crippen molar-refractivity contribution >= 4 is 16.7 Å². The van der Waals surface area contributed by atoms with Crippen molar-refractivity contribution in [2.24, 2.45) is 0 Å². The normalized spacial score (nSPS) is 23.8. The Bertz CT molecular complexity index is 635. The van der Waals surface area contributed by atoms with E-state index in [-0.39, 0.29) is 0 Å². The van der Waals surface area contributed by atoms with Gasteiger partial charge in [-0.05, 0) is 29.2 Å². The zero-order valence-corrected chi connectivity index (χ0v) is 10.4. The van der Waals surface area contributed by atoms with Crippen LogP contribution in [0.15, 0.2) is 42.5 Å². The van der Waals surface area contributed by atoms with Gasteiger partial charge in [0.1, 0.15) is 0 Å². The number of benzene rings is 2. The van der Waals surface area contributed by atoms with E-state index in [1.165, 1.54) is 0 Å². The molecule has 98 valence electrons. The van der Waals surface area contributed by atoms with Gasteiger partial charge in [0.2, 0.25) is 0 Å². The number of aliphatic carboxylic acids is 1. The molecule has 1 unspecified atom stereocenters. The molecular weight excluding hydrogens is 242 g/mol. The molecule has 0 aliphatic carbocycles. The van der Waals surface area contributed by atoms with Crippen LogP contribution in [0, 0.1) is 0 Å². The molecule has 4 heteroatoms. The molecular formula is C15H15NO3. The van der Waals surface area contributed by atoms with Crippen molar-refractivity contribution in [3.8, 4) is 0 Å². The van der Waals surface area contributed by atoms with Gasteiger partial charge in [0.15, 0.2) is 5.54 Å². The van der Waals surface area contributed by atoms with Gasteiger partial charge in [0.25, 0.3) is 0 Å². The lowest BCUT2D eigenvalue weighted by Gasteiger charge is -2.31. The number of rotatable bonds is 2. The summed E-state index contributed by atoms with van der Waals surface area (Å²) in [6.07, 6.45) is 1.10. The molecule has 0 amide bonds. The Kier molecular flexibility index (Phi) is 2.77. The highest BCUT2D eigenvalue weighted by atomic mass is 16.5. The average Bonchev–Trinajstić information content (AvgIpc) is 2.81. The van der Waals surface area contributed by atoms with Crippen LogP contribution >= 0.6 is 0 Å². The van der Waals surface area contributed by atoms with Crippen LogP contribution in [0.3, 0.4) is 0 Å². The second kappa shape index (κ2) is 4.33. The van der Waals surface area contributed by atoms with Crippen molar-refractivity contribution in [1.29, 1.82) is 0 Å². The third-order valence-electron chi connectivity index (χ3n) is 3.94. The maximum Gasteiger partial charge on any atom is 0.331 e. The minimum absolute atomic E-state index is 0.384. The number of carboxylic acid groups (broad SMARTS) is 1. The van der Waals surface area contributed by atoms with Gasteiger partial charge >= 0.3 is 5.97 Å². The zero-order chi connectivity index (χ0) is 13.5. The maximum atomic E-state index is 11.8. The van der Waals surface area contributed by atoms with Crippen molar-refractivity contribution in [3.05, 3.63) is 48.0 Å². The second-order valence-electron chi connectivity index (χ2n) is 4.92. The van der Waals surface area contributed by atoms with Crippen LogP contribution in [0.4, 0.5) is 0 Å². The molecule has 1 aliphatic rings. The summed E-state index contributed by atoms with van der Waals surface area (Å²) in [5.74, 6) is -0.996. The third kappa shape index (κ3) is 1.64. The molecule has 2 aromatic rings. The average molecular weight is 257 g/mol. The lowest BCUT2D eigenvalue weighted by atomic mass is 9.85. The maximum absolute atomic E-state index is 11.8. The van der Waals surface area contributed by atoms with Crippen LogP contribution in [0.2, 0.25) is 0 Å². The quantitative estimate of drug-likeness (QED) is 0.868. The van der Waals surface area contributed by atoms with E-state index >= 15 is 0 Å². The van der Waals surface area contributed by atoms with Gasteiger partial charge in [-0.2, -0.15) is 5.06 Å². The largest absolute Gasteiger partial charge is 0.480 e. The number of carbonyl (C=O) groups is 1. The van der Waals surface area contributed by atoms with Crippen LogP contribution in [-0.2, 0) is 10.3 Å². The summed E-state index contributed by atoms with van der Waals surface area (Å²) in [4.78, 5) is 11.8. The van der Waals surface area contributed by atoms with E-state index in [2.05, 4.69) is 0 Å². The molecule has 1 saturated heterocycles. The fourth-order valence-electron chi connectivity index (χ4n) is 3.00. The van der Waals surface area contributed by atoms with E-state index in [1.807, 2.05) is 36.4 Å². The van der Waals surface area contributed by atoms with E-state index in [1.54, 1.807) is 6.07 Å². The molecule has 0 radical (unpaired) electrons. The first-order chi connectivity index (χ1) is 9.16. The fraction of sp³-hybridized carbons (Fsp3) is 0.267. The Morgan fingerprint density at radius 1 is 1.16 bits per heavy atom. The van der Waals surface area contributed by atoms with Crippen molar-refractivity contribution in [2.45, 2.75) is 18.4 Å². The zero-order valence-electron chi connectivity index (χ0n) is 10.4. The Morgan fingerprint density at radius 2 is 1.89 bits per heavy atom. The van der Waals surface area contributed by atoms with E-state index in [0.29, 0.717) is 24.9 Å². The topological polar surface area (TPSA) is 60.8 Å². The number of carboxylic acids is 1. The number of hydrogen-bond acceptors (Lipinski definition) is 3. The first-order valence-corrected chi connectivity index (χ1v) is 6.34. The van der Waals surface area contributed by atoms with Gasteiger partial charge in [-0.3, -0.25) is 0 Å². The van der Waals surface area contributed by atoms with E-state index in [0.717, 1.165) is 15.8 Å². The number of fused-ring (bicyclic) bond motifs is 1. The van der Waals surface area contributed by atoms with E-state index in [4.69, 9.17) is 0 Å². The summed E-state index contributed by atoms with van der Waals surface area (Å²) in [5.41, 5.74) is -0.654. The molecule has 2 aromatic carbocycles. The minimum atomic E-state index is -1.32. The molecule has 0 bridgehead atoms. The van der Waals surface area contributed by atoms with Crippen molar-refractivity contribution in [3.63, 3.8) is 0 Å². The number of nitrogens with zero attached hydrogens (tertiary/aromatic N) is 1. The van der Waals surface area contributed by atoms with Crippen molar-refractivity contribution < 1.29 is 15.1 Å². The first kappa shape index (κ1) is 12.1. The summed E-state index contributed by atoms with van der Waals surface area (Å²) < 4.78 is 0. The molecule has 1 heterocycles. The molecule has 0 aromatic heterocycles. The highest BCUT2D eigenvalue weighted by Crippen LogP contribution is 2.41. The predicted octanol–water partition coefficient (Wildman–Crippen LogP) is 2.60. The van der Waals surface area contributed by atoms with Crippen molar-refractivity contribution in [2.75, 3.05) is 6.54 Å². The third-order valence-corrected chi connectivity index (χ3v) is 3.94. The van der Waals surface area contributed by atoms with Gasteiger partial charge in [0.05, 0.1) is 0 Å². The molecule has 3 rings (SSSR count). The summed E-state index contributed by atoms with van der Waals surface area (Å²) in [6.45, 7) is 0.384. The Balaban J connectivity index is 2.30. The fourth-order valence-corrected chi connectivity index (χ4v) is 3.00. The molecule has 0 spiro atoms. The van der Waals surface area contributed by atoms with Gasteiger partial charge in [-0.25, -0.2) is 4.79 Å². The smallest absolute Gasteiger partial charge is 0.331 e. The summed E-state index contributed by atoms with van der Waals surface area (Å²) in [7, 11) is 0. The lowest BCUT2D eigenvalue weighted by Crippen LogP contribution is -2.46. The van der Waals surface area contributed by atoms with E-state index < -0.39 is 11.5 Å². The Labute approximate surface area is 110 Å². The van der Waals surface area contributed by atoms with Crippen LogP contribution in [-0.4, -0.2) is 27.9 Å². The van der Waals surface area contributed by atoms with Gasteiger partial charge < -0.3 is 10.3 Å². The Hall–Kier alpha value is -1.91. The summed E-state index contributed by atoms with van der Waals surface area (Å²) in [5, 5.41) is 22.6. The van der Waals surface area contributed by atoms with Crippen LogP contribution in [0.1, 0.15) is 18.4 Å². The Morgan fingerprint density at radius 3 is 2.58 bits per heavy atom. The van der Waals surface area contributed by atoms with Gasteiger partial charge in [0, 0.05) is 6.54 Å².